The van der Waals surface area contributed by atoms with E-state index in [1.165, 1.54) is 11.0 Å². The van der Waals surface area contributed by atoms with Crippen molar-refractivity contribution >= 4 is 17.7 Å². The monoisotopic (exact) mass is 367 g/mol. The zero-order valence-electron chi connectivity index (χ0n) is 15.8. The standard InChI is InChI=1S/C20H21N3O4/c1-11-13-7-8-22(10-16(13)27-21-11)17(24)12-5-6-14-15(9-12)19(26)23(18(14)25)20(2,3)4/h5-6,9H,7-8,10H2,1-4H3. The summed E-state index contributed by atoms with van der Waals surface area (Å²) >= 11 is 0. The predicted molar refractivity (Wildman–Crippen MR) is 96.4 cm³/mol. The van der Waals surface area contributed by atoms with Crippen LogP contribution in [0.4, 0.5) is 0 Å². The molecule has 3 heterocycles. The molecular weight excluding hydrogens is 346 g/mol. The van der Waals surface area contributed by atoms with E-state index in [0.29, 0.717) is 36.4 Å². The Morgan fingerprint density at radius 1 is 1.15 bits per heavy atom. The Kier molecular flexibility index (Phi) is 3.73. The third-order valence-electron chi connectivity index (χ3n) is 5.12. The molecule has 0 bridgehead atoms. The molecule has 2 aliphatic rings. The number of carbonyl (C=O) groups excluding carboxylic acids is 3. The number of rotatable bonds is 1. The highest BCUT2D eigenvalue weighted by Crippen LogP contribution is 2.30. The molecule has 27 heavy (non-hydrogen) atoms. The molecule has 0 spiro atoms. The van der Waals surface area contributed by atoms with Crippen molar-refractivity contribution in [3.05, 3.63) is 51.9 Å². The molecule has 2 aromatic rings. The Hall–Kier alpha value is -2.96. The number of nitrogens with zero attached hydrogens (tertiary/aromatic N) is 3. The molecule has 0 unspecified atom stereocenters. The highest BCUT2D eigenvalue weighted by atomic mass is 16.5. The van der Waals surface area contributed by atoms with Crippen LogP contribution < -0.4 is 0 Å². The van der Waals surface area contributed by atoms with Crippen LogP contribution in [0.15, 0.2) is 22.7 Å². The second-order valence-corrected chi connectivity index (χ2v) is 8.02. The molecule has 7 nitrogen and oxygen atoms in total. The van der Waals surface area contributed by atoms with Crippen LogP contribution in [0.1, 0.15) is 68.9 Å². The number of hydrogen-bond donors (Lipinski definition) is 0. The van der Waals surface area contributed by atoms with Crippen molar-refractivity contribution < 1.29 is 18.9 Å². The van der Waals surface area contributed by atoms with Gasteiger partial charge < -0.3 is 9.42 Å². The van der Waals surface area contributed by atoms with Gasteiger partial charge in [0.15, 0.2) is 5.76 Å². The van der Waals surface area contributed by atoms with Gasteiger partial charge in [-0.3, -0.25) is 19.3 Å². The van der Waals surface area contributed by atoms with Crippen molar-refractivity contribution in [1.82, 2.24) is 15.0 Å². The Morgan fingerprint density at radius 2 is 1.85 bits per heavy atom. The van der Waals surface area contributed by atoms with Crippen LogP contribution in [-0.4, -0.2) is 44.8 Å². The van der Waals surface area contributed by atoms with Crippen LogP contribution in [0.25, 0.3) is 0 Å². The number of imide groups is 1. The summed E-state index contributed by atoms with van der Waals surface area (Å²) in [5, 5.41) is 3.96. The first-order valence-corrected chi connectivity index (χ1v) is 8.94. The van der Waals surface area contributed by atoms with Crippen molar-refractivity contribution in [2.45, 2.75) is 46.2 Å². The quantitative estimate of drug-likeness (QED) is 0.724. The van der Waals surface area contributed by atoms with Crippen LogP contribution in [0.2, 0.25) is 0 Å². The predicted octanol–water partition coefficient (Wildman–Crippen LogP) is 2.58. The molecule has 0 atom stereocenters. The molecule has 7 heteroatoms. The van der Waals surface area contributed by atoms with Crippen molar-refractivity contribution in [2.75, 3.05) is 6.54 Å². The van der Waals surface area contributed by atoms with Crippen LogP contribution in [-0.2, 0) is 13.0 Å². The molecule has 0 radical (unpaired) electrons. The summed E-state index contributed by atoms with van der Waals surface area (Å²) in [7, 11) is 0. The normalized spacial score (nSPS) is 16.6. The second kappa shape index (κ2) is 5.77. The van der Waals surface area contributed by atoms with E-state index in [1.54, 1.807) is 17.0 Å². The first-order valence-electron chi connectivity index (χ1n) is 8.94. The minimum Gasteiger partial charge on any atom is -0.359 e. The van der Waals surface area contributed by atoms with Crippen LogP contribution in [0, 0.1) is 6.92 Å². The van der Waals surface area contributed by atoms with Gasteiger partial charge in [0, 0.05) is 23.2 Å². The van der Waals surface area contributed by atoms with Gasteiger partial charge in [-0.1, -0.05) is 5.16 Å². The highest BCUT2D eigenvalue weighted by Gasteiger charge is 2.42. The fourth-order valence-electron chi connectivity index (χ4n) is 3.72. The molecule has 0 aliphatic carbocycles. The summed E-state index contributed by atoms with van der Waals surface area (Å²) in [6, 6.07) is 4.72. The van der Waals surface area contributed by atoms with E-state index >= 15 is 0 Å². The molecule has 0 N–H and O–H groups in total. The van der Waals surface area contributed by atoms with Crippen LogP contribution in [0.5, 0.6) is 0 Å². The maximum Gasteiger partial charge on any atom is 0.262 e. The first-order chi connectivity index (χ1) is 12.7. The average molecular weight is 367 g/mol. The van der Waals surface area contributed by atoms with E-state index < -0.39 is 5.54 Å². The first kappa shape index (κ1) is 17.5. The van der Waals surface area contributed by atoms with E-state index in [-0.39, 0.29) is 23.3 Å². The van der Waals surface area contributed by atoms with E-state index in [0.717, 1.165) is 11.3 Å². The summed E-state index contributed by atoms with van der Waals surface area (Å²) in [4.78, 5) is 41.2. The van der Waals surface area contributed by atoms with Crippen molar-refractivity contribution in [3.8, 4) is 0 Å². The maximum atomic E-state index is 12.9. The van der Waals surface area contributed by atoms with Crippen LogP contribution in [0.3, 0.4) is 0 Å². The lowest BCUT2D eigenvalue weighted by molar-refractivity contribution is 0.0507. The lowest BCUT2D eigenvalue weighted by Gasteiger charge is -2.29. The highest BCUT2D eigenvalue weighted by molar-refractivity contribution is 6.22. The number of benzene rings is 1. The Bertz CT molecular complexity index is 984. The SMILES string of the molecule is Cc1noc2c1CCN(C(=O)c1ccc3c(c1)C(=O)N(C(C)(C)C)C3=O)C2. The molecule has 4 rings (SSSR count). The molecule has 1 aromatic carbocycles. The number of aromatic nitrogens is 1. The Labute approximate surface area is 156 Å². The van der Waals surface area contributed by atoms with Crippen molar-refractivity contribution in [3.63, 3.8) is 0 Å². The Balaban J connectivity index is 1.62. The smallest absolute Gasteiger partial charge is 0.262 e. The molecular formula is C20H21N3O4. The van der Waals surface area contributed by atoms with E-state index in [2.05, 4.69) is 5.16 Å². The zero-order chi connectivity index (χ0) is 19.5. The van der Waals surface area contributed by atoms with Crippen molar-refractivity contribution in [2.24, 2.45) is 0 Å². The number of aryl methyl sites for hydroxylation is 1. The summed E-state index contributed by atoms with van der Waals surface area (Å²) in [6.45, 7) is 8.24. The fourth-order valence-corrected chi connectivity index (χ4v) is 3.72. The average Bonchev–Trinajstić information content (AvgIpc) is 3.11. The number of hydrogen-bond acceptors (Lipinski definition) is 5. The summed E-state index contributed by atoms with van der Waals surface area (Å²) in [5.74, 6) is -0.157. The molecule has 0 saturated heterocycles. The summed E-state index contributed by atoms with van der Waals surface area (Å²) in [5.41, 5.74) is 2.33. The van der Waals surface area contributed by atoms with Gasteiger partial charge in [0.25, 0.3) is 17.7 Å². The van der Waals surface area contributed by atoms with E-state index in [1.807, 2.05) is 27.7 Å². The largest absolute Gasteiger partial charge is 0.359 e. The summed E-state index contributed by atoms with van der Waals surface area (Å²) < 4.78 is 5.31. The van der Waals surface area contributed by atoms with Crippen LogP contribution >= 0.6 is 0 Å². The molecule has 0 saturated carbocycles. The minimum absolute atomic E-state index is 0.188. The van der Waals surface area contributed by atoms with Gasteiger partial charge in [0.05, 0.1) is 23.4 Å². The van der Waals surface area contributed by atoms with E-state index in [4.69, 9.17) is 4.52 Å². The Morgan fingerprint density at radius 3 is 2.56 bits per heavy atom. The van der Waals surface area contributed by atoms with Gasteiger partial charge in [0.2, 0.25) is 0 Å². The van der Waals surface area contributed by atoms with Gasteiger partial charge in [0.1, 0.15) is 0 Å². The molecule has 140 valence electrons. The summed E-state index contributed by atoms with van der Waals surface area (Å²) in [6.07, 6.45) is 0.691. The topological polar surface area (TPSA) is 83.7 Å². The number of amides is 3. The number of fused-ring (bicyclic) bond motifs is 2. The van der Waals surface area contributed by atoms with Gasteiger partial charge in [-0.2, -0.15) is 0 Å². The van der Waals surface area contributed by atoms with Gasteiger partial charge in [-0.05, 0) is 52.3 Å². The molecule has 0 fully saturated rings. The second-order valence-electron chi connectivity index (χ2n) is 8.02. The number of carbonyl (C=O) groups is 3. The molecule has 3 amide bonds. The minimum atomic E-state index is -0.620. The molecule has 1 aromatic heterocycles. The maximum absolute atomic E-state index is 12.9. The zero-order valence-corrected chi connectivity index (χ0v) is 15.8. The third-order valence-corrected chi connectivity index (χ3v) is 5.12. The fraction of sp³-hybridized carbons (Fsp3) is 0.400. The van der Waals surface area contributed by atoms with Crippen molar-refractivity contribution in [1.29, 1.82) is 0 Å². The lowest BCUT2D eigenvalue weighted by Crippen LogP contribution is -2.45. The van der Waals surface area contributed by atoms with Gasteiger partial charge >= 0.3 is 0 Å². The van der Waals surface area contributed by atoms with Gasteiger partial charge in [-0.15, -0.1) is 0 Å². The van der Waals surface area contributed by atoms with Gasteiger partial charge in [-0.25, -0.2) is 0 Å². The molecule has 2 aliphatic heterocycles. The van der Waals surface area contributed by atoms with E-state index in [9.17, 15) is 14.4 Å². The third kappa shape index (κ3) is 2.65. The lowest BCUT2D eigenvalue weighted by atomic mass is 10.0.